The summed E-state index contributed by atoms with van der Waals surface area (Å²) in [6.07, 6.45) is 5.06. The molecule has 0 amide bonds. The fourth-order valence-electron chi connectivity index (χ4n) is 2.69. The first-order chi connectivity index (χ1) is 12.6. The largest absolute Gasteiger partial charge is 0.477 e. The number of ether oxygens (including phenoxy) is 2. The predicted molar refractivity (Wildman–Crippen MR) is 94.4 cm³/mol. The van der Waals surface area contributed by atoms with Gasteiger partial charge in [0.1, 0.15) is 17.7 Å². The molecule has 132 valence electrons. The van der Waals surface area contributed by atoms with E-state index < -0.39 is 0 Å². The maximum atomic E-state index is 6.53. The SMILES string of the molecule is COc1nc2ccc(Cl)c(-n3c(C)nnc3-n3ccnc3)c2nc1OC. The number of rotatable bonds is 4. The summed E-state index contributed by atoms with van der Waals surface area (Å²) in [6.45, 7) is 1.83. The molecule has 0 aliphatic carbocycles. The van der Waals surface area contributed by atoms with Crippen LogP contribution in [-0.4, -0.2) is 48.5 Å². The van der Waals surface area contributed by atoms with Gasteiger partial charge in [0.05, 0.1) is 30.4 Å². The van der Waals surface area contributed by atoms with E-state index in [1.807, 2.05) is 6.92 Å². The van der Waals surface area contributed by atoms with Crippen molar-refractivity contribution in [1.29, 1.82) is 0 Å². The molecule has 4 rings (SSSR count). The van der Waals surface area contributed by atoms with Crippen molar-refractivity contribution < 1.29 is 9.47 Å². The van der Waals surface area contributed by atoms with Crippen molar-refractivity contribution in [3.05, 3.63) is 41.7 Å². The monoisotopic (exact) mass is 371 g/mol. The number of hydrogen-bond donors (Lipinski definition) is 0. The van der Waals surface area contributed by atoms with Crippen LogP contribution in [0.25, 0.3) is 22.7 Å². The van der Waals surface area contributed by atoms with Crippen molar-refractivity contribution in [2.75, 3.05) is 14.2 Å². The molecule has 3 heterocycles. The van der Waals surface area contributed by atoms with Gasteiger partial charge in [-0.1, -0.05) is 11.6 Å². The first-order valence-corrected chi connectivity index (χ1v) is 8.00. The Kier molecular flexibility index (Phi) is 3.92. The van der Waals surface area contributed by atoms with E-state index in [2.05, 4.69) is 25.1 Å². The Hall–Kier alpha value is -3.20. The standard InChI is InChI=1S/C16H14ClN7O2/c1-9-21-22-16(23-7-6-18-8-23)24(9)13-10(17)4-5-11-12(13)20-15(26-3)14(19-11)25-2/h4-8H,1-3H3. The van der Waals surface area contributed by atoms with Gasteiger partial charge in [-0.3, -0.25) is 9.13 Å². The van der Waals surface area contributed by atoms with Gasteiger partial charge in [0.25, 0.3) is 11.8 Å². The summed E-state index contributed by atoms with van der Waals surface area (Å²) in [5.41, 5.74) is 1.75. The number of benzene rings is 1. The molecule has 0 aliphatic heterocycles. The van der Waals surface area contributed by atoms with Gasteiger partial charge in [-0.25, -0.2) is 15.0 Å². The smallest absolute Gasteiger partial charge is 0.278 e. The number of fused-ring (bicyclic) bond motifs is 1. The zero-order valence-corrected chi connectivity index (χ0v) is 15.0. The minimum absolute atomic E-state index is 0.262. The average molecular weight is 372 g/mol. The van der Waals surface area contributed by atoms with E-state index in [0.717, 1.165) is 0 Å². The van der Waals surface area contributed by atoms with Crippen molar-refractivity contribution in [2.45, 2.75) is 6.92 Å². The Labute approximate surface area is 153 Å². The topological polar surface area (TPSA) is 92.8 Å². The summed E-state index contributed by atoms with van der Waals surface area (Å²) >= 11 is 6.53. The van der Waals surface area contributed by atoms with Gasteiger partial charge in [-0.2, -0.15) is 0 Å². The highest BCUT2D eigenvalue weighted by Crippen LogP contribution is 2.33. The van der Waals surface area contributed by atoms with Crippen LogP contribution in [0.5, 0.6) is 11.8 Å². The summed E-state index contributed by atoms with van der Waals surface area (Å²) in [7, 11) is 3.01. The molecule has 1 aromatic carbocycles. The van der Waals surface area contributed by atoms with Crippen molar-refractivity contribution >= 4 is 22.6 Å². The number of aryl methyl sites for hydroxylation is 1. The quantitative estimate of drug-likeness (QED) is 0.543. The zero-order chi connectivity index (χ0) is 18.3. The zero-order valence-electron chi connectivity index (χ0n) is 14.2. The molecule has 0 aliphatic rings. The molecule has 26 heavy (non-hydrogen) atoms. The Morgan fingerprint density at radius 2 is 1.81 bits per heavy atom. The Morgan fingerprint density at radius 3 is 2.50 bits per heavy atom. The van der Waals surface area contributed by atoms with Crippen LogP contribution in [-0.2, 0) is 0 Å². The second-order valence-electron chi connectivity index (χ2n) is 5.36. The fourth-order valence-corrected chi connectivity index (χ4v) is 2.92. The molecule has 0 atom stereocenters. The van der Waals surface area contributed by atoms with Crippen molar-refractivity contribution in [2.24, 2.45) is 0 Å². The number of nitrogens with zero attached hydrogens (tertiary/aromatic N) is 7. The average Bonchev–Trinajstić information content (AvgIpc) is 3.30. The number of methoxy groups -OCH3 is 2. The summed E-state index contributed by atoms with van der Waals surface area (Å²) in [4.78, 5) is 13.1. The lowest BCUT2D eigenvalue weighted by Crippen LogP contribution is -2.08. The summed E-state index contributed by atoms with van der Waals surface area (Å²) in [6, 6.07) is 3.52. The maximum Gasteiger partial charge on any atom is 0.278 e. The van der Waals surface area contributed by atoms with Crippen molar-refractivity contribution in [3.63, 3.8) is 0 Å². The summed E-state index contributed by atoms with van der Waals surface area (Å²) in [5, 5.41) is 8.88. The first-order valence-electron chi connectivity index (χ1n) is 7.63. The van der Waals surface area contributed by atoms with Crippen LogP contribution in [0.3, 0.4) is 0 Å². The van der Waals surface area contributed by atoms with Gasteiger partial charge in [-0.15, -0.1) is 10.2 Å². The van der Waals surface area contributed by atoms with Gasteiger partial charge >= 0.3 is 0 Å². The molecule has 0 fully saturated rings. The lowest BCUT2D eigenvalue weighted by molar-refractivity contribution is 0.334. The molecule has 0 unspecified atom stereocenters. The Bertz CT molecular complexity index is 1090. The lowest BCUT2D eigenvalue weighted by Gasteiger charge is -2.14. The molecule has 0 N–H and O–H groups in total. The predicted octanol–water partition coefficient (Wildman–Crippen LogP) is 2.38. The summed E-state index contributed by atoms with van der Waals surface area (Å²) in [5.74, 6) is 1.73. The van der Waals surface area contributed by atoms with E-state index in [-0.39, 0.29) is 5.88 Å². The van der Waals surface area contributed by atoms with Gasteiger partial charge in [0.2, 0.25) is 5.95 Å². The van der Waals surface area contributed by atoms with Crippen LogP contribution >= 0.6 is 11.6 Å². The minimum Gasteiger partial charge on any atom is -0.477 e. The normalized spacial score (nSPS) is 11.1. The number of halogens is 1. The van der Waals surface area contributed by atoms with Crippen molar-refractivity contribution in [3.8, 4) is 23.4 Å². The van der Waals surface area contributed by atoms with Crippen LogP contribution in [0.2, 0.25) is 5.02 Å². The Balaban J connectivity index is 2.07. The molecular weight excluding hydrogens is 358 g/mol. The fraction of sp³-hybridized carbons (Fsp3) is 0.188. The van der Waals surface area contributed by atoms with Crippen molar-refractivity contribution in [1.82, 2.24) is 34.3 Å². The highest BCUT2D eigenvalue weighted by molar-refractivity contribution is 6.33. The molecular formula is C16H14ClN7O2. The van der Waals surface area contributed by atoms with E-state index in [1.54, 1.807) is 40.0 Å². The lowest BCUT2D eigenvalue weighted by atomic mass is 10.2. The highest BCUT2D eigenvalue weighted by atomic mass is 35.5. The molecule has 0 bridgehead atoms. The van der Waals surface area contributed by atoms with Gasteiger partial charge in [0, 0.05) is 12.4 Å². The molecule has 0 saturated heterocycles. The molecule has 4 aromatic rings. The molecule has 0 saturated carbocycles. The number of aromatic nitrogens is 7. The van der Waals surface area contributed by atoms with Crippen LogP contribution in [0, 0.1) is 6.92 Å². The minimum atomic E-state index is 0.262. The third-order valence-corrected chi connectivity index (χ3v) is 4.16. The third-order valence-electron chi connectivity index (χ3n) is 3.85. The van der Waals surface area contributed by atoms with Crippen LogP contribution < -0.4 is 9.47 Å². The van der Waals surface area contributed by atoms with Crippen LogP contribution in [0.4, 0.5) is 0 Å². The van der Waals surface area contributed by atoms with E-state index in [1.165, 1.54) is 14.2 Å². The number of imidazole rings is 1. The van der Waals surface area contributed by atoms with Crippen LogP contribution in [0.15, 0.2) is 30.9 Å². The molecule has 3 aromatic heterocycles. The summed E-state index contributed by atoms with van der Waals surface area (Å²) < 4.78 is 14.1. The Morgan fingerprint density at radius 1 is 1.04 bits per heavy atom. The molecule has 0 radical (unpaired) electrons. The molecule has 9 nitrogen and oxygen atoms in total. The third kappa shape index (κ3) is 2.44. The first kappa shape index (κ1) is 16.3. The van der Waals surface area contributed by atoms with Gasteiger partial charge < -0.3 is 9.47 Å². The van der Waals surface area contributed by atoms with E-state index in [9.17, 15) is 0 Å². The second kappa shape index (κ2) is 6.26. The van der Waals surface area contributed by atoms with Crippen LogP contribution in [0.1, 0.15) is 5.82 Å². The highest BCUT2D eigenvalue weighted by Gasteiger charge is 2.21. The van der Waals surface area contributed by atoms with E-state index in [4.69, 9.17) is 21.1 Å². The molecule has 10 heteroatoms. The van der Waals surface area contributed by atoms with E-state index >= 15 is 0 Å². The van der Waals surface area contributed by atoms with E-state index in [0.29, 0.717) is 39.4 Å². The number of hydrogen-bond acceptors (Lipinski definition) is 7. The second-order valence-corrected chi connectivity index (χ2v) is 5.77. The van der Waals surface area contributed by atoms with Gasteiger partial charge in [0.15, 0.2) is 0 Å². The maximum absolute atomic E-state index is 6.53. The van der Waals surface area contributed by atoms with Gasteiger partial charge in [-0.05, 0) is 19.1 Å². The molecule has 0 spiro atoms.